The molecule has 106 valence electrons. The van der Waals surface area contributed by atoms with Crippen LogP contribution in [0, 0.1) is 0 Å². The van der Waals surface area contributed by atoms with E-state index in [9.17, 15) is 0 Å². The summed E-state index contributed by atoms with van der Waals surface area (Å²) in [5, 5.41) is 0. The highest BCUT2D eigenvalue weighted by molar-refractivity contribution is 5.50. The fourth-order valence-electron chi connectivity index (χ4n) is 2.97. The summed E-state index contributed by atoms with van der Waals surface area (Å²) in [7, 11) is 1.66. The summed E-state index contributed by atoms with van der Waals surface area (Å²) < 4.78 is 17.4. The Balaban J connectivity index is 1.66. The molecule has 0 bridgehead atoms. The van der Waals surface area contributed by atoms with E-state index in [0.29, 0.717) is 6.61 Å². The van der Waals surface area contributed by atoms with Crippen molar-refractivity contribution in [3.05, 3.63) is 71.8 Å². The highest BCUT2D eigenvalue weighted by Gasteiger charge is 2.44. The van der Waals surface area contributed by atoms with E-state index in [1.54, 1.807) is 7.11 Å². The molecular formula is C18H16O3. The first-order valence-corrected chi connectivity index (χ1v) is 7.04. The van der Waals surface area contributed by atoms with E-state index >= 15 is 0 Å². The lowest BCUT2D eigenvalue weighted by atomic mass is 9.96. The predicted molar refractivity (Wildman–Crippen MR) is 79.6 cm³/mol. The van der Waals surface area contributed by atoms with Gasteiger partial charge in [0.25, 0.3) is 0 Å². The second kappa shape index (κ2) is 4.64. The number of ether oxygens (including phenoxy) is 3. The van der Waals surface area contributed by atoms with E-state index in [-0.39, 0.29) is 6.10 Å². The van der Waals surface area contributed by atoms with Crippen molar-refractivity contribution in [1.29, 1.82) is 0 Å². The van der Waals surface area contributed by atoms with Gasteiger partial charge in [0.2, 0.25) is 0 Å². The topological polar surface area (TPSA) is 27.7 Å². The van der Waals surface area contributed by atoms with Crippen LogP contribution in [0.15, 0.2) is 60.7 Å². The second-order valence-corrected chi connectivity index (χ2v) is 5.35. The van der Waals surface area contributed by atoms with E-state index in [4.69, 9.17) is 14.2 Å². The van der Waals surface area contributed by atoms with E-state index in [2.05, 4.69) is 24.3 Å². The van der Waals surface area contributed by atoms with Gasteiger partial charge >= 0.3 is 0 Å². The number of methoxy groups -OCH3 is 1. The number of hydrogen-bond acceptors (Lipinski definition) is 3. The summed E-state index contributed by atoms with van der Waals surface area (Å²) in [6, 6.07) is 16.1. The maximum absolute atomic E-state index is 6.32. The molecule has 0 radical (unpaired) electrons. The van der Waals surface area contributed by atoms with Crippen molar-refractivity contribution in [2.75, 3.05) is 13.7 Å². The van der Waals surface area contributed by atoms with Crippen molar-refractivity contribution in [1.82, 2.24) is 0 Å². The second-order valence-electron chi connectivity index (χ2n) is 5.35. The first kappa shape index (κ1) is 12.5. The molecule has 2 aromatic carbocycles. The Labute approximate surface area is 123 Å². The summed E-state index contributed by atoms with van der Waals surface area (Å²) >= 11 is 0. The molecule has 3 nitrogen and oxygen atoms in total. The van der Waals surface area contributed by atoms with Gasteiger partial charge in [0.1, 0.15) is 29.8 Å². The molecule has 2 aliphatic heterocycles. The average molecular weight is 280 g/mol. The van der Waals surface area contributed by atoms with E-state index in [1.807, 2.05) is 36.4 Å². The highest BCUT2D eigenvalue weighted by atomic mass is 16.6. The number of rotatable bonds is 2. The van der Waals surface area contributed by atoms with E-state index in [0.717, 1.165) is 22.6 Å². The molecule has 0 aromatic heterocycles. The molecule has 0 saturated carbocycles. The standard InChI is InChI=1S/C18H16O3/c1-19-14-7-8-15-17(11-14)20-12-18(15)10-9-16(21-18)13-5-3-2-4-6-13/h2-11,16H,12H2,1H3/t16-,18+/m1/s1. The zero-order valence-corrected chi connectivity index (χ0v) is 11.8. The van der Waals surface area contributed by atoms with Crippen molar-refractivity contribution in [2.45, 2.75) is 11.7 Å². The molecule has 21 heavy (non-hydrogen) atoms. The minimum absolute atomic E-state index is 0.0251. The summed E-state index contributed by atoms with van der Waals surface area (Å²) in [6.07, 6.45) is 4.20. The van der Waals surface area contributed by atoms with Crippen molar-refractivity contribution >= 4 is 0 Å². The van der Waals surface area contributed by atoms with Crippen LogP contribution in [0.2, 0.25) is 0 Å². The molecule has 2 atom stereocenters. The lowest BCUT2D eigenvalue weighted by molar-refractivity contribution is -0.0390. The molecule has 3 heteroatoms. The predicted octanol–water partition coefficient (Wildman–Crippen LogP) is 3.61. The molecule has 0 N–H and O–H groups in total. The number of fused-ring (bicyclic) bond motifs is 2. The zero-order chi connectivity index (χ0) is 14.3. The third-order valence-corrected chi connectivity index (χ3v) is 4.09. The Kier molecular flexibility index (Phi) is 2.76. The molecular weight excluding hydrogens is 264 g/mol. The van der Waals surface area contributed by atoms with Gasteiger partial charge in [-0.25, -0.2) is 0 Å². The van der Waals surface area contributed by atoms with Gasteiger partial charge in [-0.3, -0.25) is 0 Å². The van der Waals surface area contributed by atoms with Crippen LogP contribution in [0.5, 0.6) is 11.5 Å². The van der Waals surface area contributed by atoms with Crippen molar-refractivity contribution < 1.29 is 14.2 Å². The van der Waals surface area contributed by atoms with Crippen molar-refractivity contribution in [3.8, 4) is 11.5 Å². The van der Waals surface area contributed by atoms with Crippen LogP contribution in [0.25, 0.3) is 0 Å². The first-order valence-electron chi connectivity index (χ1n) is 7.04. The van der Waals surface area contributed by atoms with Crippen LogP contribution in [-0.4, -0.2) is 13.7 Å². The molecule has 2 aliphatic rings. The Morgan fingerprint density at radius 3 is 2.81 bits per heavy atom. The fourth-order valence-corrected chi connectivity index (χ4v) is 2.97. The van der Waals surface area contributed by atoms with Gasteiger partial charge in [0.05, 0.1) is 7.11 Å². The van der Waals surface area contributed by atoms with Crippen LogP contribution in [0.1, 0.15) is 17.2 Å². The number of benzene rings is 2. The van der Waals surface area contributed by atoms with Gasteiger partial charge in [-0.1, -0.05) is 36.4 Å². The molecule has 0 unspecified atom stereocenters. The smallest absolute Gasteiger partial charge is 0.150 e. The highest BCUT2D eigenvalue weighted by Crippen LogP contribution is 2.48. The van der Waals surface area contributed by atoms with Crippen LogP contribution >= 0.6 is 0 Å². The van der Waals surface area contributed by atoms with E-state index < -0.39 is 5.60 Å². The third kappa shape index (κ3) is 1.93. The van der Waals surface area contributed by atoms with E-state index in [1.165, 1.54) is 0 Å². The van der Waals surface area contributed by atoms with Crippen molar-refractivity contribution in [2.24, 2.45) is 0 Å². The van der Waals surface area contributed by atoms with Crippen molar-refractivity contribution in [3.63, 3.8) is 0 Å². The lowest BCUT2D eigenvalue weighted by Gasteiger charge is -2.23. The average Bonchev–Trinajstić information content (AvgIpc) is 3.14. The monoisotopic (exact) mass is 280 g/mol. The normalized spacial score (nSPS) is 25.9. The van der Waals surface area contributed by atoms with Gasteiger partial charge in [-0.15, -0.1) is 0 Å². The Morgan fingerprint density at radius 2 is 2.00 bits per heavy atom. The van der Waals surface area contributed by atoms with Crippen LogP contribution in [-0.2, 0) is 10.3 Å². The Bertz CT molecular complexity index is 693. The Morgan fingerprint density at radius 1 is 1.14 bits per heavy atom. The lowest BCUT2D eigenvalue weighted by Crippen LogP contribution is -2.26. The van der Waals surface area contributed by atoms with Crippen LogP contribution < -0.4 is 9.47 Å². The van der Waals surface area contributed by atoms with Gasteiger partial charge < -0.3 is 14.2 Å². The quantitative estimate of drug-likeness (QED) is 0.786. The number of hydrogen-bond donors (Lipinski definition) is 0. The van der Waals surface area contributed by atoms with Gasteiger partial charge in [0.15, 0.2) is 0 Å². The largest absolute Gasteiger partial charge is 0.497 e. The first-order chi connectivity index (χ1) is 10.3. The maximum atomic E-state index is 6.32. The molecule has 1 spiro atoms. The molecule has 0 saturated heterocycles. The Hall–Kier alpha value is -2.26. The SMILES string of the molecule is COc1ccc2c(c1)OC[C@@]21C=C[C@H](c2ccccc2)O1. The minimum atomic E-state index is -0.470. The van der Waals surface area contributed by atoms with Crippen LogP contribution in [0.3, 0.4) is 0 Å². The molecule has 2 aromatic rings. The molecule has 0 aliphatic carbocycles. The van der Waals surface area contributed by atoms with Gasteiger partial charge in [-0.2, -0.15) is 0 Å². The molecule has 0 fully saturated rings. The van der Waals surface area contributed by atoms with Crippen LogP contribution in [0.4, 0.5) is 0 Å². The summed E-state index contributed by atoms with van der Waals surface area (Å²) in [4.78, 5) is 0. The molecule has 2 heterocycles. The zero-order valence-electron chi connectivity index (χ0n) is 11.8. The summed E-state index contributed by atoms with van der Waals surface area (Å²) in [5.74, 6) is 1.64. The summed E-state index contributed by atoms with van der Waals surface area (Å²) in [5.41, 5.74) is 1.76. The molecule has 4 rings (SSSR count). The summed E-state index contributed by atoms with van der Waals surface area (Å²) in [6.45, 7) is 0.509. The maximum Gasteiger partial charge on any atom is 0.150 e. The van der Waals surface area contributed by atoms with Gasteiger partial charge in [0, 0.05) is 11.6 Å². The molecule has 0 amide bonds. The third-order valence-electron chi connectivity index (χ3n) is 4.09. The van der Waals surface area contributed by atoms with Gasteiger partial charge in [-0.05, 0) is 23.8 Å². The minimum Gasteiger partial charge on any atom is -0.497 e. The fraction of sp³-hybridized carbons (Fsp3) is 0.222.